The van der Waals surface area contributed by atoms with Crippen LogP contribution >= 0.6 is 23.2 Å². The fourth-order valence-corrected chi connectivity index (χ4v) is 3.45. The average molecular weight is 449 g/mol. The van der Waals surface area contributed by atoms with E-state index in [0.29, 0.717) is 22.5 Å². The molecule has 0 aromatic heterocycles. The van der Waals surface area contributed by atoms with Crippen molar-refractivity contribution in [1.82, 2.24) is 10.2 Å². The van der Waals surface area contributed by atoms with Gasteiger partial charge in [-0.05, 0) is 55.5 Å². The van der Waals surface area contributed by atoms with Gasteiger partial charge < -0.3 is 10.2 Å². The van der Waals surface area contributed by atoms with Gasteiger partial charge in [0.2, 0.25) is 11.8 Å². The van der Waals surface area contributed by atoms with E-state index in [4.69, 9.17) is 23.2 Å². The van der Waals surface area contributed by atoms with Crippen LogP contribution in [0.15, 0.2) is 36.4 Å². The van der Waals surface area contributed by atoms with E-state index in [9.17, 15) is 9.59 Å². The predicted molar refractivity (Wildman–Crippen MR) is 124 cm³/mol. The smallest absolute Gasteiger partial charge is 0.242 e. The third kappa shape index (κ3) is 6.75. The quantitative estimate of drug-likeness (QED) is 0.591. The second kappa shape index (κ2) is 10.8. The fraction of sp³-hybridized carbons (Fsp3) is 0.417. The van der Waals surface area contributed by atoms with E-state index in [-0.39, 0.29) is 24.8 Å². The van der Waals surface area contributed by atoms with Crippen molar-refractivity contribution in [3.05, 3.63) is 68.7 Å². The van der Waals surface area contributed by atoms with Gasteiger partial charge in [0.15, 0.2) is 0 Å². The minimum absolute atomic E-state index is 0.109. The molecular weight excluding hydrogens is 419 g/mol. The number of nitrogens with one attached hydrogen (secondary N) is 1. The molecule has 2 aromatic carbocycles. The predicted octanol–water partition coefficient (Wildman–Crippen LogP) is 5.34. The first-order valence-electron chi connectivity index (χ1n) is 10.2. The maximum absolute atomic E-state index is 13.3. The molecule has 2 rings (SSSR count). The molecule has 0 radical (unpaired) electrons. The van der Waals surface area contributed by atoms with E-state index in [0.717, 1.165) is 22.3 Å². The lowest BCUT2D eigenvalue weighted by Gasteiger charge is -2.29. The molecule has 0 bridgehead atoms. The first-order chi connectivity index (χ1) is 14.1. The number of hydrogen-bond donors (Lipinski definition) is 1. The number of benzene rings is 2. The van der Waals surface area contributed by atoms with E-state index < -0.39 is 6.04 Å². The van der Waals surface area contributed by atoms with E-state index in [1.807, 2.05) is 52.0 Å². The summed E-state index contributed by atoms with van der Waals surface area (Å²) in [6.45, 7) is 10.7. The standard InChI is InChI=1S/C24H30Cl2N2O2/c1-15(2)13-27-24(30)18(5)28(14-19-8-9-21(25)22(26)11-19)23(29)12-20-10-16(3)6-7-17(20)4/h6-11,15,18H,12-14H2,1-5H3,(H,27,30)/t18-/m1/s1. The van der Waals surface area contributed by atoms with Gasteiger partial charge in [0.25, 0.3) is 0 Å². The summed E-state index contributed by atoms with van der Waals surface area (Å²) < 4.78 is 0. The van der Waals surface area contributed by atoms with Gasteiger partial charge in [-0.2, -0.15) is 0 Å². The fourth-order valence-electron chi connectivity index (χ4n) is 3.12. The number of rotatable bonds is 8. The number of carbonyl (C=O) groups excluding carboxylic acids is 2. The summed E-state index contributed by atoms with van der Waals surface area (Å²) in [4.78, 5) is 27.6. The van der Waals surface area contributed by atoms with E-state index in [1.54, 1.807) is 24.0 Å². The van der Waals surface area contributed by atoms with Crippen molar-refractivity contribution in [2.24, 2.45) is 5.92 Å². The molecule has 0 fully saturated rings. The minimum atomic E-state index is -0.615. The molecule has 162 valence electrons. The molecule has 6 heteroatoms. The Hall–Kier alpha value is -2.04. The molecule has 0 aliphatic rings. The Morgan fingerprint density at radius 1 is 1.00 bits per heavy atom. The summed E-state index contributed by atoms with van der Waals surface area (Å²) in [5, 5.41) is 3.81. The van der Waals surface area contributed by atoms with E-state index in [2.05, 4.69) is 5.32 Å². The summed E-state index contributed by atoms with van der Waals surface area (Å²) in [6.07, 6.45) is 0.233. The van der Waals surface area contributed by atoms with Crippen molar-refractivity contribution in [1.29, 1.82) is 0 Å². The van der Waals surface area contributed by atoms with Gasteiger partial charge in [-0.15, -0.1) is 0 Å². The molecular formula is C24H30Cl2N2O2. The summed E-state index contributed by atoms with van der Waals surface area (Å²) in [5.74, 6) is 0.0513. The maximum atomic E-state index is 13.3. The third-order valence-electron chi connectivity index (χ3n) is 5.04. The van der Waals surface area contributed by atoms with Crippen LogP contribution in [0.1, 0.15) is 43.0 Å². The number of halogens is 2. The molecule has 0 aliphatic carbocycles. The number of carbonyl (C=O) groups is 2. The third-order valence-corrected chi connectivity index (χ3v) is 5.77. The van der Waals surface area contributed by atoms with Crippen LogP contribution in [-0.4, -0.2) is 29.3 Å². The SMILES string of the molecule is Cc1ccc(C)c(CC(=O)N(Cc2ccc(Cl)c(Cl)c2)[C@H](C)C(=O)NCC(C)C)c1. The van der Waals surface area contributed by atoms with Crippen LogP contribution in [0.4, 0.5) is 0 Å². The first kappa shape index (κ1) is 24.2. The number of hydrogen-bond acceptors (Lipinski definition) is 2. The molecule has 0 aliphatic heterocycles. The summed E-state index contributed by atoms with van der Waals surface area (Å²) >= 11 is 12.2. The van der Waals surface area contributed by atoms with Gasteiger partial charge >= 0.3 is 0 Å². The van der Waals surface area contributed by atoms with Gasteiger partial charge in [0.1, 0.15) is 6.04 Å². The second-order valence-electron chi connectivity index (χ2n) is 8.19. The molecule has 0 unspecified atom stereocenters. The lowest BCUT2D eigenvalue weighted by Crippen LogP contribution is -2.48. The second-order valence-corrected chi connectivity index (χ2v) is 9.01. The van der Waals surface area contributed by atoms with Crippen LogP contribution in [-0.2, 0) is 22.6 Å². The summed E-state index contributed by atoms with van der Waals surface area (Å²) in [7, 11) is 0. The van der Waals surface area contributed by atoms with Crippen LogP contribution in [0, 0.1) is 19.8 Å². The number of aryl methyl sites for hydroxylation is 2. The maximum Gasteiger partial charge on any atom is 0.242 e. The van der Waals surface area contributed by atoms with Crippen molar-refractivity contribution in [3.63, 3.8) is 0 Å². The highest BCUT2D eigenvalue weighted by Gasteiger charge is 2.26. The molecule has 0 saturated heterocycles. The van der Waals surface area contributed by atoms with Gasteiger partial charge in [-0.1, -0.05) is 66.9 Å². The Bertz CT molecular complexity index is 912. The van der Waals surface area contributed by atoms with Crippen molar-refractivity contribution < 1.29 is 9.59 Å². The molecule has 2 amide bonds. The van der Waals surface area contributed by atoms with Crippen LogP contribution < -0.4 is 5.32 Å². The molecule has 0 heterocycles. The molecule has 30 heavy (non-hydrogen) atoms. The van der Waals surface area contributed by atoms with Crippen molar-refractivity contribution in [2.75, 3.05) is 6.54 Å². The number of nitrogens with zero attached hydrogens (tertiary/aromatic N) is 1. The lowest BCUT2D eigenvalue weighted by molar-refractivity contribution is -0.140. The molecule has 0 saturated carbocycles. The van der Waals surface area contributed by atoms with Crippen molar-refractivity contribution in [3.8, 4) is 0 Å². The van der Waals surface area contributed by atoms with E-state index in [1.165, 1.54) is 0 Å². The van der Waals surface area contributed by atoms with Crippen LogP contribution in [0.3, 0.4) is 0 Å². The summed E-state index contributed by atoms with van der Waals surface area (Å²) in [6, 6.07) is 10.7. The highest BCUT2D eigenvalue weighted by molar-refractivity contribution is 6.42. The van der Waals surface area contributed by atoms with Crippen molar-refractivity contribution in [2.45, 2.75) is 53.6 Å². The zero-order valence-corrected chi connectivity index (χ0v) is 19.8. The van der Waals surface area contributed by atoms with Crippen molar-refractivity contribution >= 4 is 35.0 Å². The Morgan fingerprint density at radius 2 is 1.70 bits per heavy atom. The first-order valence-corrected chi connectivity index (χ1v) is 10.9. The van der Waals surface area contributed by atoms with Gasteiger partial charge in [-0.25, -0.2) is 0 Å². The molecule has 0 spiro atoms. The topological polar surface area (TPSA) is 49.4 Å². The zero-order chi connectivity index (χ0) is 22.4. The largest absolute Gasteiger partial charge is 0.354 e. The zero-order valence-electron chi connectivity index (χ0n) is 18.3. The normalized spacial score (nSPS) is 12.0. The minimum Gasteiger partial charge on any atom is -0.354 e. The molecule has 1 atom stereocenters. The Balaban J connectivity index is 2.28. The monoisotopic (exact) mass is 448 g/mol. The van der Waals surface area contributed by atoms with Crippen LogP contribution in [0.5, 0.6) is 0 Å². The highest BCUT2D eigenvalue weighted by Crippen LogP contribution is 2.24. The number of amides is 2. The molecule has 4 nitrogen and oxygen atoms in total. The van der Waals surface area contributed by atoms with Gasteiger partial charge in [0, 0.05) is 13.1 Å². The molecule has 1 N–H and O–H groups in total. The Kier molecular flexibility index (Phi) is 8.75. The van der Waals surface area contributed by atoms with Crippen LogP contribution in [0.2, 0.25) is 10.0 Å². The highest BCUT2D eigenvalue weighted by atomic mass is 35.5. The summed E-state index contributed by atoms with van der Waals surface area (Å²) in [5.41, 5.74) is 3.94. The molecule has 2 aromatic rings. The Morgan fingerprint density at radius 3 is 2.33 bits per heavy atom. The van der Waals surface area contributed by atoms with E-state index >= 15 is 0 Å². The van der Waals surface area contributed by atoms with Gasteiger partial charge in [0.05, 0.1) is 16.5 Å². The average Bonchev–Trinajstić information content (AvgIpc) is 2.69. The lowest BCUT2D eigenvalue weighted by atomic mass is 10.0. The van der Waals surface area contributed by atoms with Crippen LogP contribution in [0.25, 0.3) is 0 Å². The van der Waals surface area contributed by atoms with Gasteiger partial charge in [-0.3, -0.25) is 9.59 Å². The Labute approximate surface area is 189 Å².